The van der Waals surface area contributed by atoms with E-state index in [2.05, 4.69) is 34.2 Å². The van der Waals surface area contributed by atoms with Crippen molar-refractivity contribution in [2.45, 2.75) is 38.3 Å². The topological polar surface area (TPSA) is 58.3 Å². The van der Waals surface area contributed by atoms with Crippen molar-refractivity contribution in [3.05, 3.63) is 20.3 Å². The number of hydrogen-bond acceptors (Lipinski definition) is 4. The average Bonchev–Trinajstić information content (AvgIpc) is 2.93. The van der Waals surface area contributed by atoms with E-state index >= 15 is 0 Å². The van der Waals surface area contributed by atoms with Gasteiger partial charge in [0.2, 0.25) is 0 Å². The molecular weight excluding hydrogens is 312 g/mol. The van der Waals surface area contributed by atoms with E-state index in [1.807, 2.05) is 0 Å². The molecule has 1 aliphatic rings. The number of aliphatic hydroxyl groups is 1. The molecule has 3 unspecified atom stereocenters. The first kappa shape index (κ1) is 14.5. The predicted molar refractivity (Wildman–Crippen MR) is 79.9 cm³/mol. The molecule has 3 nitrogen and oxygen atoms in total. The maximum Gasteiger partial charge on any atom is 0.0542 e. The summed E-state index contributed by atoms with van der Waals surface area (Å²) in [6, 6.07) is 2.77. The monoisotopic (exact) mass is 332 g/mol. The van der Waals surface area contributed by atoms with Crippen molar-refractivity contribution in [1.82, 2.24) is 5.32 Å². The Morgan fingerprint density at radius 3 is 2.94 bits per heavy atom. The fourth-order valence-electron chi connectivity index (χ4n) is 2.65. The molecule has 1 aromatic rings. The highest BCUT2D eigenvalue weighted by Crippen LogP contribution is 2.32. The molecule has 5 heteroatoms. The second kappa shape index (κ2) is 6.48. The highest BCUT2D eigenvalue weighted by atomic mass is 79.9. The summed E-state index contributed by atoms with van der Waals surface area (Å²) in [5, 5.41) is 13.0. The molecule has 4 N–H and O–H groups in total. The van der Waals surface area contributed by atoms with Crippen LogP contribution in [-0.2, 0) is 0 Å². The zero-order valence-corrected chi connectivity index (χ0v) is 13.1. The fourth-order valence-corrected chi connectivity index (χ4v) is 4.29. The molecule has 2 rings (SSSR count). The van der Waals surface area contributed by atoms with Crippen LogP contribution in [0, 0.1) is 12.8 Å². The Morgan fingerprint density at radius 2 is 2.39 bits per heavy atom. The highest BCUT2D eigenvalue weighted by Gasteiger charge is 2.29. The number of thiophene rings is 1. The molecule has 1 fully saturated rings. The third-order valence-electron chi connectivity index (χ3n) is 3.76. The van der Waals surface area contributed by atoms with Gasteiger partial charge in [-0.3, -0.25) is 0 Å². The summed E-state index contributed by atoms with van der Waals surface area (Å²) in [6.45, 7) is 2.99. The smallest absolute Gasteiger partial charge is 0.0542 e. The molecule has 0 spiro atoms. The van der Waals surface area contributed by atoms with Crippen molar-refractivity contribution in [2.24, 2.45) is 11.7 Å². The van der Waals surface area contributed by atoms with Gasteiger partial charge in [0.1, 0.15) is 0 Å². The lowest BCUT2D eigenvalue weighted by atomic mass is 10.0. The van der Waals surface area contributed by atoms with Crippen LogP contribution >= 0.6 is 27.3 Å². The van der Waals surface area contributed by atoms with Crippen LogP contribution < -0.4 is 11.1 Å². The van der Waals surface area contributed by atoms with E-state index in [1.165, 1.54) is 16.2 Å². The van der Waals surface area contributed by atoms with Gasteiger partial charge in [-0.25, -0.2) is 0 Å². The van der Waals surface area contributed by atoms with Gasteiger partial charge >= 0.3 is 0 Å². The Morgan fingerprint density at radius 1 is 1.61 bits per heavy atom. The van der Waals surface area contributed by atoms with Crippen LogP contribution in [0.5, 0.6) is 0 Å². The van der Waals surface area contributed by atoms with E-state index in [-0.39, 0.29) is 12.6 Å². The molecular formula is C13H21BrN2OS. The van der Waals surface area contributed by atoms with Crippen LogP contribution in [0.2, 0.25) is 0 Å². The van der Waals surface area contributed by atoms with Gasteiger partial charge in [0.25, 0.3) is 0 Å². The van der Waals surface area contributed by atoms with Crippen LogP contribution in [-0.4, -0.2) is 24.3 Å². The van der Waals surface area contributed by atoms with Crippen molar-refractivity contribution >= 4 is 27.3 Å². The zero-order valence-electron chi connectivity index (χ0n) is 10.7. The first-order valence-electron chi connectivity index (χ1n) is 6.48. The normalized spacial score (nSPS) is 25.6. The quantitative estimate of drug-likeness (QED) is 0.776. The molecule has 0 amide bonds. The Bertz CT molecular complexity index is 377. The average molecular weight is 333 g/mol. The number of nitrogens with two attached hydrogens (primary N) is 1. The maximum atomic E-state index is 9.36. The van der Waals surface area contributed by atoms with Gasteiger partial charge in [0, 0.05) is 33.4 Å². The molecule has 1 heterocycles. The third-order valence-corrected chi connectivity index (χ3v) is 6.01. The van der Waals surface area contributed by atoms with Crippen LogP contribution in [0.25, 0.3) is 0 Å². The zero-order chi connectivity index (χ0) is 13.1. The number of halogens is 1. The third kappa shape index (κ3) is 3.14. The number of nitrogens with one attached hydrogen (secondary N) is 1. The van der Waals surface area contributed by atoms with Gasteiger partial charge < -0.3 is 16.2 Å². The van der Waals surface area contributed by atoms with Crippen molar-refractivity contribution in [3.8, 4) is 0 Å². The van der Waals surface area contributed by atoms with Gasteiger partial charge in [0.15, 0.2) is 0 Å². The molecule has 1 aliphatic carbocycles. The number of rotatable bonds is 5. The van der Waals surface area contributed by atoms with Gasteiger partial charge in [-0.15, -0.1) is 11.3 Å². The minimum Gasteiger partial charge on any atom is -0.396 e. The van der Waals surface area contributed by atoms with Crippen molar-refractivity contribution in [1.29, 1.82) is 0 Å². The van der Waals surface area contributed by atoms with Crippen LogP contribution in [0.3, 0.4) is 0 Å². The summed E-state index contributed by atoms with van der Waals surface area (Å²) in [4.78, 5) is 2.57. The summed E-state index contributed by atoms with van der Waals surface area (Å²) in [6.07, 6.45) is 3.47. The number of aryl methyl sites for hydroxylation is 1. The summed E-state index contributed by atoms with van der Waals surface area (Å²) in [5.74, 6) is 0.392. The lowest BCUT2D eigenvalue weighted by molar-refractivity contribution is 0.200. The molecule has 3 atom stereocenters. The van der Waals surface area contributed by atoms with E-state index in [0.29, 0.717) is 18.5 Å². The van der Waals surface area contributed by atoms with E-state index in [4.69, 9.17) is 5.73 Å². The summed E-state index contributed by atoms with van der Waals surface area (Å²) in [7, 11) is 0. The van der Waals surface area contributed by atoms with Gasteiger partial charge in [-0.05, 0) is 47.7 Å². The van der Waals surface area contributed by atoms with Crippen LogP contribution in [0.4, 0.5) is 0 Å². The number of hydrogen-bond donors (Lipinski definition) is 3. The molecule has 102 valence electrons. The lowest BCUT2D eigenvalue weighted by Gasteiger charge is -2.24. The van der Waals surface area contributed by atoms with Crippen molar-refractivity contribution < 1.29 is 5.11 Å². The van der Waals surface area contributed by atoms with E-state index in [0.717, 1.165) is 17.3 Å². The Kier molecular flexibility index (Phi) is 5.21. The van der Waals surface area contributed by atoms with Crippen LogP contribution in [0.15, 0.2) is 10.5 Å². The molecule has 18 heavy (non-hydrogen) atoms. The maximum absolute atomic E-state index is 9.36. The van der Waals surface area contributed by atoms with Gasteiger partial charge in [0.05, 0.1) is 6.04 Å². The predicted octanol–water partition coefficient (Wildman–Crippen LogP) is 2.57. The molecule has 0 saturated heterocycles. The summed E-state index contributed by atoms with van der Waals surface area (Å²) in [5.41, 5.74) is 5.90. The minimum absolute atomic E-state index is 0.206. The summed E-state index contributed by atoms with van der Waals surface area (Å²) < 4.78 is 1.16. The van der Waals surface area contributed by atoms with Crippen LogP contribution in [0.1, 0.15) is 35.1 Å². The molecule has 0 aromatic carbocycles. The van der Waals surface area contributed by atoms with E-state index in [9.17, 15) is 5.11 Å². The lowest BCUT2D eigenvalue weighted by Crippen LogP contribution is -2.39. The molecule has 0 aliphatic heterocycles. The number of aliphatic hydroxyl groups excluding tert-OH is 1. The Labute approximate surface area is 121 Å². The Hall–Kier alpha value is 0.0600. The summed E-state index contributed by atoms with van der Waals surface area (Å²) >= 11 is 5.34. The fraction of sp³-hybridized carbons (Fsp3) is 0.692. The van der Waals surface area contributed by atoms with E-state index in [1.54, 1.807) is 11.3 Å². The van der Waals surface area contributed by atoms with Crippen molar-refractivity contribution in [3.63, 3.8) is 0 Å². The molecule has 1 aromatic heterocycles. The Balaban J connectivity index is 2.05. The molecule has 0 bridgehead atoms. The van der Waals surface area contributed by atoms with Gasteiger partial charge in [-0.2, -0.15) is 0 Å². The first-order chi connectivity index (χ1) is 8.65. The minimum atomic E-state index is 0.206. The second-order valence-electron chi connectivity index (χ2n) is 4.99. The highest BCUT2D eigenvalue weighted by molar-refractivity contribution is 9.10. The first-order valence-corrected chi connectivity index (χ1v) is 8.09. The van der Waals surface area contributed by atoms with Crippen molar-refractivity contribution in [2.75, 3.05) is 13.2 Å². The van der Waals surface area contributed by atoms with E-state index < -0.39 is 0 Å². The molecule has 0 radical (unpaired) electrons. The second-order valence-corrected chi connectivity index (χ2v) is 7.13. The molecule has 1 saturated carbocycles. The largest absolute Gasteiger partial charge is 0.396 e. The standard InChI is InChI=1S/C13H21BrN2OS/c1-8-10(14)5-13(18-8)12(6-15)16-11-4-2-3-9(11)7-17/h5,9,11-12,16-17H,2-4,6-7,15H2,1H3. The van der Waals surface area contributed by atoms with Gasteiger partial charge in [-0.1, -0.05) is 6.42 Å². The SMILES string of the molecule is Cc1sc(C(CN)NC2CCCC2CO)cc1Br.